The largest absolute Gasteiger partial charge is 0.450 e. The first-order valence-electron chi connectivity index (χ1n) is 15.4. The first-order chi connectivity index (χ1) is 17.8. The minimum Gasteiger partial charge on any atom is -0.450 e. The molecule has 1 aromatic carbocycles. The van der Waals surface area contributed by atoms with Gasteiger partial charge in [-0.15, -0.1) is 0 Å². The molecule has 2 N–H and O–H groups in total. The zero-order valence-electron chi connectivity index (χ0n) is 23.8. The van der Waals surface area contributed by atoms with Crippen molar-refractivity contribution in [1.82, 2.24) is 5.32 Å². The summed E-state index contributed by atoms with van der Waals surface area (Å²) in [7, 11) is 0. The molecule has 1 aromatic rings. The van der Waals surface area contributed by atoms with Gasteiger partial charge in [0.1, 0.15) is 0 Å². The maximum atomic E-state index is 12.2. The molecule has 5 rings (SSSR count). The second-order valence-electron chi connectivity index (χ2n) is 13.8. The summed E-state index contributed by atoms with van der Waals surface area (Å²) in [4.78, 5) is 12.2. The molecule has 4 aliphatic rings. The fraction of sp³-hybridized carbons (Fsp3) is 0.788. The van der Waals surface area contributed by atoms with Gasteiger partial charge in [0.25, 0.3) is 0 Å². The second kappa shape index (κ2) is 10.9. The summed E-state index contributed by atoms with van der Waals surface area (Å²) >= 11 is 0. The third-order valence-corrected chi connectivity index (χ3v) is 12.2. The Balaban J connectivity index is 1.18. The van der Waals surface area contributed by atoms with Gasteiger partial charge >= 0.3 is 6.09 Å². The Morgan fingerprint density at radius 2 is 1.76 bits per heavy atom. The molecule has 0 saturated heterocycles. The topological polar surface area (TPSA) is 58.6 Å². The molecule has 0 bridgehead atoms. The summed E-state index contributed by atoms with van der Waals surface area (Å²) in [6.45, 7) is 11.0. The zero-order valence-corrected chi connectivity index (χ0v) is 23.8. The number of aliphatic hydroxyl groups is 1. The number of carbonyl (C=O) groups excluding carboxylic acids is 1. The predicted octanol–water partition coefficient (Wildman–Crippen LogP) is 7.59. The van der Waals surface area contributed by atoms with Crippen LogP contribution >= 0.6 is 0 Å². The second-order valence-corrected chi connectivity index (χ2v) is 13.8. The molecule has 1 amide bonds. The standard InChI is InChI=1S/C33H51NO3/c1-5-24-19-26-28-12-11-27(22(2)15-18-37-31(36)34-21-23-9-7-6-8-10-23)32(28,3)17-14-29(26)33(4)16-13-25(35)20-30(24)33/h6-10,22,24-30,35H,5,11-21H2,1-4H3,(H,34,36)/t22-,24+,25-,26?,27?,28+,29+,30+,32-,33-/m1/s1. The van der Waals surface area contributed by atoms with E-state index in [9.17, 15) is 9.90 Å². The number of carbonyl (C=O) groups is 1. The van der Waals surface area contributed by atoms with Gasteiger partial charge in [-0.1, -0.05) is 64.4 Å². The molecule has 4 nitrogen and oxygen atoms in total. The van der Waals surface area contributed by atoms with Gasteiger partial charge < -0.3 is 15.2 Å². The van der Waals surface area contributed by atoms with Crippen molar-refractivity contribution in [1.29, 1.82) is 0 Å². The summed E-state index contributed by atoms with van der Waals surface area (Å²) < 4.78 is 5.59. The van der Waals surface area contributed by atoms with Crippen LogP contribution < -0.4 is 5.32 Å². The van der Waals surface area contributed by atoms with Crippen LogP contribution in [0.5, 0.6) is 0 Å². The van der Waals surface area contributed by atoms with Gasteiger partial charge in [0, 0.05) is 6.54 Å². The van der Waals surface area contributed by atoms with Gasteiger partial charge in [-0.05, 0) is 116 Å². The van der Waals surface area contributed by atoms with E-state index < -0.39 is 0 Å². The summed E-state index contributed by atoms with van der Waals surface area (Å²) in [6, 6.07) is 9.99. The zero-order chi connectivity index (χ0) is 26.2. The molecule has 206 valence electrons. The van der Waals surface area contributed by atoms with Crippen LogP contribution in [0.25, 0.3) is 0 Å². The fourth-order valence-corrected chi connectivity index (χ4v) is 10.3. The van der Waals surface area contributed by atoms with E-state index in [2.05, 4.69) is 33.0 Å². The number of aliphatic hydroxyl groups excluding tert-OH is 1. The van der Waals surface area contributed by atoms with Gasteiger partial charge in [0.15, 0.2) is 0 Å². The van der Waals surface area contributed by atoms with E-state index >= 15 is 0 Å². The highest BCUT2D eigenvalue weighted by atomic mass is 16.5. The summed E-state index contributed by atoms with van der Waals surface area (Å²) in [5.41, 5.74) is 1.94. The molecule has 10 atom stereocenters. The Hall–Kier alpha value is -1.55. The Labute approximate surface area is 225 Å². The maximum absolute atomic E-state index is 12.2. The molecule has 0 aliphatic heterocycles. The van der Waals surface area contributed by atoms with Crippen LogP contribution in [0.2, 0.25) is 0 Å². The average Bonchev–Trinajstić information content (AvgIpc) is 3.25. The van der Waals surface area contributed by atoms with E-state index in [1.54, 1.807) is 0 Å². The molecule has 0 aromatic heterocycles. The van der Waals surface area contributed by atoms with Crippen molar-refractivity contribution in [3.8, 4) is 0 Å². The smallest absolute Gasteiger partial charge is 0.407 e. The Bertz CT molecular complexity index is 919. The summed E-state index contributed by atoms with van der Waals surface area (Å²) in [5.74, 6) is 5.35. The molecular weight excluding hydrogens is 458 g/mol. The monoisotopic (exact) mass is 509 g/mol. The van der Waals surface area contributed by atoms with E-state index in [-0.39, 0.29) is 12.2 Å². The minimum absolute atomic E-state index is 0.0723. The lowest BCUT2D eigenvalue weighted by Gasteiger charge is -2.63. The summed E-state index contributed by atoms with van der Waals surface area (Å²) in [5, 5.41) is 13.4. The fourth-order valence-electron chi connectivity index (χ4n) is 10.3. The van der Waals surface area contributed by atoms with Crippen molar-refractivity contribution in [3.05, 3.63) is 35.9 Å². The predicted molar refractivity (Wildman–Crippen MR) is 149 cm³/mol. The molecule has 4 heteroatoms. The number of fused-ring (bicyclic) bond motifs is 5. The summed E-state index contributed by atoms with van der Waals surface area (Å²) in [6.07, 6.45) is 11.9. The lowest BCUT2D eigenvalue weighted by molar-refractivity contribution is -0.152. The quantitative estimate of drug-likeness (QED) is 0.398. The highest BCUT2D eigenvalue weighted by Gasteiger charge is 2.62. The maximum Gasteiger partial charge on any atom is 0.407 e. The van der Waals surface area contributed by atoms with Crippen molar-refractivity contribution >= 4 is 6.09 Å². The molecular formula is C33H51NO3. The Morgan fingerprint density at radius 1 is 1.03 bits per heavy atom. The molecule has 37 heavy (non-hydrogen) atoms. The van der Waals surface area contributed by atoms with E-state index in [0.717, 1.165) is 54.4 Å². The number of hydrogen-bond acceptors (Lipinski definition) is 3. The van der Waals surface area contributed by atoms with Crippen LogP contribution in [0.15, 0.2) is 30.3 Å². The number of benzene rings is 1. The number of rotatable bonds is 7. The first kappa shape index (κ1) is 27.0. The van der Waals surface area contributed by atoms with Gasteiger partial charge in [-0.3, -0.25) is 0 Å². The lowest BCUT2D eigenvalue weighted by Crippen LogP contribution is -2.56. The van der Waals surface area contributed by atoms with Crippen LogP contribution in [-0.4, -0.2) is 23.9 Å². The number of alkyl carbamates (subject to hydrolysis) is 1. The average molecular weight is 510 g/mol. The van der Waals surface area contributed by atoms with Crippen molar-refractivity contribution in [2.24, 2.45) is 52.3 Å². The third kappa shape index (κ3) is 5.09. The number of hydrogen-bond donors (Lipinski definition) is 2. The Kier molecular flexibility index (Phi) is 7.97. The van der Waals surface area contributed by atoms with Crippen LogP contribution in [0.3, 0.4) is 0 Å². The molecule has 0 spiro atoms. The van der Waals surface area contributed by atoms with Gasteiger partial charge in [0.2, 0.25) is 0 Å². The Morgan fingerprint density at radius 3 is 2.51 bits per heavy atom. The van der Waals surface area contributed by atoms with Crippen LogP contribution in [0.1, 0.15) is 97.5 Å². The van der Waals surface area contributed by atoms with Gasteiger partial charge in [0.05, 0.1) is 12.7 Å². The normalized spacial score (nSPS) is 41.7. The first-order valence-corrected chi connectivity index (χ1v) is 15.4. The highest BCUT2D eigenvalue weighted by Crippen LogP contribution is 2.69. The lowest BCUT2D eigenvalue weighted by atomic mass is 9.42. The molecule has 2 unspecified atom stereocenters. The van der Waals surface area contributed by atoms with Gasteiger partial charge in [-0.25, -0.2) is 4.79 Å². The third-order valence-electron chi connectivity index (χ3n) is 12.2. The number of amides is 1. The van der Waals surface area contributed by atoms with Crippen LogP contribution in [0.4, 0.5) is 4.79 Å². The van der Waals surface area contributed by atoms with Crippen molar-refractivity contribution in [2.75, 3.05) is 6.61 Å². The molecule has 0 heterocycles. The molecule has 4 fully saturated rings. The van der Waals surface area contributed by atoms with E-state index in [0.29, 0.717) is 35.8 Å². The number of ether oxygens (including phenoxy) is 1. The molecule has 4 saturated carbocycles. The van der Waals surface area contributed by atoms with Crippen molar-refractivity contribution in [2.45, 2.75) is 105 Å². The SMILES string of the molecule is CC[C@H]1CC2[C@H](CC[C@]3(C)C([C@H](C)CCOC(=O)NCc4ccccc4)CC[C@@H]23)[C@@]2(C)CC[C@@H](O)C[C@@H]12. The highest BCUT2D eigenvalue weighted by molar-refractivity contribution is 5.67. The van der Waals surface area contributed by atoms with Crippen molar-refractivity contribution in [3.63, 3.8) is 0 Å². The van der Waals surface area contributed by atoms with E-state index in [1.165, 1.54) is 44.9 Å². The van der Waals surface area contributed by atoms with E-state index in [1.807, 2.05) is 30.3 Å². The molecule has 0 radical (unpaired) electrons. The van der Waals surface area contributed by atoms with Crippen molar-refractivity contribution < 1.29 is 14.6 Å². The number of nitrogens with one attached hydrogen (secondary N) is 1. The van der Waals surface area contributed by atoms with E-state index in [4.69, 9.17) is 4.74 Å². The van der Waals surface area contributed by atoms with Gasteiger partial charge in [-0.2, -0.15) is 0 Å². The molecule has 4 aliphatic carbocycles. The van der Waals surface area contributed by atoms with Crippen LogP contribution in [0, 0.1) is 52.3 Å². The van der Waals surface area contributed by atoms with Crippen LogP contribution in [-0.2, 0) is 11.3 Å². The minimum atomic E-state index is -0.305.